The summed E-state index contributed by atoms with van der Waals surface area (Å²) in [6, 6.07) is 1.83. The summed E-state index contributed by atoms with van der Waals surface area (Å²) in [5.41, 5.74) is 0. The minimum absolute atomic E-state index is 0.00912. The van der Waals surface area contributed by atoms with Gasteiger partial charge in [-0.15, -0.1) is 11.3 Å². The van der Waals surface area contributed by atoms with E-state index in [0.29, 0.717) is 0 Å². The number of hydrogen-bond donors (Lipinski definition) is 1. The summed E-state index contributed by atoms with van der Waals surface area (Å²) in [6.07, 6.45) is 2.12. The first kappa shape index (κ1) is 12.2. The van der Waals surface area contributed by atoms with Crippen molar-refractivity contribution in [3.63, 3.8) is 0 Å². The van der Waals surface area contributed by atoms with Gasteiger partial charge >= 0.3 is 0 Å². The van der Waals surface area contributed by atoms with Crippen molar-refractivity contribution in [2.45, 2.75) is 19.8 Å². The van der Waals surface area contributed by atoms with Crippen LogP contribution in [0.4, 0.5) is 0 Å². The highest BCUT2D eigenvalue weighted by molar-refractivity contribution is 9.13. The molecule has 1 heterocycles. The third-order valence-electron chi connectivity index (χ3n) is 1.68. The Bertz CT molecular complexity index is 305. The van der Waals surface area contributed by atoms with Crippen LogP contribution in [0.2, 0.25) is 0 Å². The van der Waals surface area contributed by atoms with Crippen LogP contribution in [0.5, 0.6) is 0 Å². The number of thiophene rings is 1. The van der Waals surface area contributed by atoms with Crippen molar-refractivity contribution in [1.82, 2.24) is 5.32 Å². The Balaban J connectivity index is 2.52. The van der Waals surface area contributed by atoms with Crippen molar-refractivity contribution >= 4 is 49.1 Å². The fraction of sp³-hybridized carbons (Fsp3) is 0.444. The van der Waals surface area contributed by atoms with Gasteiger partial charge in [0.1, 0.15) is 0 Å². The lowest BCUT2D eigenvalue weighted by molar-refractivity contribution is 0.0957. The van der Waals surface area contributed by atoms with E-state index in [4.69, 9.17) is 0 Å². The quantitative estimate of drug-likeness (QED) is 0.830. The predicted molar refractivity (Wildman–Crippen MR) is 67.0 cm³/mol. The lowest BCUT2D eigenvalue weighted by Gasteiger charge is -2.00. The highest BCUT2D eigenvalue weighted by Gasteiger charge is 2.10. The molecule has 0 aliphatic carbocycles. The lowest BCUT2D eigenvalue weighted by atomic mass is 10.3. The molecule has 14 heavy (non-hydrogen) atoms. The topological polar surface area (TPSA) is 29.1 Å². The molecule has 0 saturated carbocycles. The minimum atomic E-state index is 0.00912. The summed E-state index contributed by atoms with van der Waals surface area (Å²) in [7, 11) is 0. The van der Waals surface area contributed by atoms with E-state index in [1.165, 1.54) is 11.3 Å². The molecule has 1 rings (SSSR count). The van der Waals surface area contributed by atoms with Crippen LogP contribution in [-0.4, -0.2) is 12.5 Å². The van der Waals surface area contributed by atoms with Gasteiger partial charge in [-0.2, -0.15) is 0 Å². The molecule has 0 bridgehead atoms. The Hall–Kier alpha value is 0.130. The number of carbonyl (C=O) groups is 1. The Labute approximate surface area is 104 Å². The summed E-state index contributed by atoms with van der Waals surface area (Å²) in [4.78, 5) is 12.3. The van der Waals surface area contributed by atoms with Gasteiger partial charge in [-0.1, -0.05) is 13.3 Å². The van der Waals surface area contributed by atoms with Crippen molar-refractivity contribution in [2.75, 3.05) is 6.54 Å². The van der Waals surface area contributed by atoms with Crippen LogP contribution in [-0.2, 0) is 0 Å². The molecule has 1 N–H and O–H groups in total. The zero-order valence-electron chi connectivity index (χ0n) is 7.77. The monoisotopic (exact) mass is 339 g/mol. The zero-order chi connectivity index (χ0) is 10.6. The van der Waals surface area contributed by atoms with Crippen molar-refractivity contribution in [3.8, 4) is 0 Å². The number of carbonyl (C=O) groups excluding carboxylic acids is 1. The maximum absolute atomic E-state index is 11.5. The maximum Gasteiger partial charge on any atom is 0.261 e. The fourth-order valence-electron chi connectivity index (χ4n) is 0.924. The van der Waals surface area contributed by atoms with Crippen LogP contribution >= 0.6 is 43.2 Å². The number of halogens is 2. The Kier molecular flexibility index (Phi) is 5.12. The van der Waals surface area contributed by atoms with Gasteiger partial charge in [-0.05, 0) is 44.3 Å². The van der Waals surface area contributed by atoms with E-state index in [1.54, 1.807) is 0 Å². The molecule has 0 aliphatic rings. The van der Waals surface area contributed by atoms with Crippen molar-refractivity contribution in [2.24, 2.45) is 0 Å². The Morgan fingerprint density at radius 2 is 2.29 bits per heavy atom. The Morgan fingerprint density at radius 3 is 2.79 bits per heavy atom. The highest BCUT2D eigenvalue weighted by Crippen LogP contribution is 2.32. The van der Waals surface area contributed by atoms with Crippen molar-refractivity contribution < 1.29 is 4.79 Å². The van der Waals surface area contributed by atoms with Gasteiger partial charge in [0, 0.05) is 11.0 Å². The van der Waals surface area contributed by atoms with E-state index in [0.717, 1.165) is 32.5 Å². The van der Waals surface area contributed by atoms with Gasteiger partial charge in [-0.25, -0.2) is 0 Å². The molecular weight excluding hydrogens is 330 g/mol. The first-order valence-corrected chi connectivity index (χ1v) is 6.78. The molecule has 0 fully saturated rings. The average molecular weight is 341 g/mol. The first-order chi connectivity index (χ1) is 6.65. The second-order valence-corrected chi connectivity index (χ2v) is 6.07. The van der Waals surface area contributed by atoms with Crippen LogP contribution in [0.15, 0.2) is 14.3 Å². The standard InChI is InChI=1S/C9H11Br2NOS/c1-2-3-4-12-9(13)7-5-6(10)8(11)14-7/h5H,2-4H2,1H3,(H,12,13). The van der Waals surface area contributed by atoms with Crippen LogP contribution in [0.3, 0.4) is 0 Å². The van der Waals surface area contributed by atoms with Gasteiger partial charge in [0.25, 0.3) is 5.91 Å². The molecule has 0 saturated heterocycles. The number of amides is 1. The molecular formula is C9H11Br2NOS. The summed E-state index contributed by atoms with van der Waals surface area (Å²) >= 11 is 8.15. The molecule has 0 radical (unpaired) electrons. The van der Waals surface area contributed by atoms with Gasteiger partial charge in [0.05, 0.1) is 8.66 Å². The van der Waals surface area contributed by atoms with E-state index >= 15 is 0 Å². The van der Waals surface area contributed by atoms with E-state index in [2.05, 4.69) is 44.1 Å². The SMILES string of the molecule is CCCCNC(=O)c1cc(Br)c(Br)s1. The molecule has 0 atom stereocenters. The largest absolute Gasteiger partial charge is 0.351 e. The Morgan fingerprint density at radius 1 is 1.57 bits per heavy atom. The van der Waals surface area contributed by atoms with Gasteiger partial charge in [-0.3, -0.25) is 4.79 Å². The highest BCUT2D eigenvalue weighted by atomic mass is 79.9. The fourth-order valence-corrected chi connectivity index (χ4v) is 2.88. The molecule has 0 spiro atoms. The van der Waals surface area contributed by atoms with Crippen molar-refractivity contribution in [3.05, 3.63) is 19.2 Å². The number of rotatable bonds is 4. The van der Waals surface area contributed by atoms with E-state index < -0.39 is 0 Å². The van der Waals surface area contributed by atoms with Gasteiger partial charge < -0.3 is 5.32 Å². The third kappa shape index (κ3) is 3.37. The normalized spacial score (nSPS) is 10.2. The lowest BCUT2D eigenvalue weighted by Crippen LogP contribution is -2.23. The number of unbranched alkanes of at least 4 members (excludes halogenated alkanes) is 1. The summed E-state index contributed by atoms with van der Waals surface area (Å²) in [6.45, 7) is 2.85. The number of nitrogens with one attached hydrogen (secondary N) is 1. The minimum Gasteiger partial charge on any atom is -0.351 e. The molecule has 0 unspecified atom stereocenters. The second-order valence-electron chi connectivity index (χ2n) is 2.84. The van der Waals surface area contributed by atoms with Crippen LogP contribution in [0, 0.1) is 0 Å². The van der Waals surface area contributed by atoms with Crippen LogP contribution in [0.25, 0.3) is 0 Å². The van der Waals surface area contributed by atoms with Gasteiger partial charge in [0.15, 0.2) is 0 Å². The average Bonchev–Trinajstić information content (AvgIpc) is 2.47. The van der Waals surface area contributed by atoms with Crippen LogP contribution < -0.4 is 5.32 Å². The molecule has 78 valence electrons. The second kappa shape index (κ2) is 5.88. The number of hydrogen-bond acceptors (Lipinski definition) is 2. The molecule has 1 amide bonds. The maximum atomic E-state index is 11.5. The first-order valence-electron chi connectivity index (χ1n) is 4.38. The molecule has 0 aliphatic heterocycles. The van der Waals surface area contributed by atoms with E-state index in [-0.39, 0.29) is 5.91 Å². The zero-order valence-corrected chi connectivity index (χ0v) is 11.8. The predicted octanol–water partition coefficient (Wildman–Crippen LogP) is 3.80. The van der Waals surface area contributed by atoms with E-state index in [9.17, 15) is 4.79 Å². The summed E-state index contributed by atoms with van der Waals surface area (Å²) in [5, 5.41) is 2.87. The molecule has 5 heteroatoms. The molecule has 1 aromatic heterocycles. The smallest absolute Gasteiger partial charge is 0.261 e. The van der Waals surface area contributed by atoms with E-state index in [1.807, 2.05) is 6.07 Å². The summed E-state index contributed by atoms with van der Waals surface area (Å²) < 4.78 is 1.89. The van der Waals surface area contributed by atoms with Crippen molar-refractivity contribution in [1.29, 1.82) is 0 Å². The van der Waals surface area contributed by atoms with Crippen LogP contribution in [0.1, 0.15) is 29.4 Å². The van der Waals surface area contributed by atoms with Gasteiger partial charge in [0.2, 0.25) is 0 Å². The molecule has 1 aromatic rings. The third-order valence-corrected chi connectivity index (χ3v) is 4.94. The molecule has 2 nitrogen and oxygen atoms in total. The molecule has 0 aromatic carbocycles. The summed E-state index contributed by atoms with van der Waals surface area (Å²) in [5.74, 6) is 0.00912.